The van der Waals surface area contributed by atoms with Crippen LogP contribution in [0.3, 0.4) is 0 Å². The van der Waals surface area contributed by atoms with Gasteiger partial charge in [-0.25, -0.2) is 0 Å². The molecule has 1 fully saturated rings. The summed E-state index contributed by atoms with van der Waals surface area (Å²) in [6.45, 7) is 1.17. The minimum atomic E-state index is 0.600. The zero-order valence-corrected chi connectivity index (χ0v) is 9.96. The van der Waals surface area contributed by atoms with E-state index in [1.807, 2.05) is 11.3 Å². The molecule has 0 bridgehead atoms. The Morgan fingerprint density at radius 3 is 2.69 bits per heavy atom. The summed E-state index contributed by atoms with van der Waals surface area (Å²) in [6.07, 6.45) is 2.60. The molecule has 2 heterocycles. The summed E-state index contributed by atoms with van der Waals surface area (Å²) < 4.78 is 0. The Hall–Kier alpha value is -1.12. The van der Waals surface area contributed by atoms with Crippen molar-refractivity contribution < 1.29 is 0 Å². The van der Waals surface area contributed by atoms with Gasteiger partial charge < -0.3 is 5.32 Å². The molecule has 1 nitrogen and oxygen atoms in total. The van der Waals surface area contributed by atoms with Gasteiger partial charge in [0.1, 0.15) is 0 Å². The molecule has 1 saturated heterocycles. The molecule has 1 aromatic carbocycles. The molecule has 1 atom stereocenters. The van der Waals surface area contributed by atoms with Crippen molar-refractivity contribution in [3.8, 4) is 10.4 Å². The Morgan fingerprint density at radius 2 is 1.94 bits per heavy atom. The first-order valence-electron chi connectivity index (χ1n) is 5.82. The SMILES string of the molecule is c1ccc(-c2ccc(C3CCCN3)s2)cc1. The topological polar surface area (TPSA) is 12.0 Å². The van der Waals surface area contributed by atoms with Gasteiger partial charge in [0, 0.05) is 15.8 Å². The Labute approximate surface area is 100 Å². The lowest BCUT2D eigenvalue weighted by Gasteiger charge is -2.05. The van der Waals surface area contributed by atoms with Crippen molar-refractivity contribution in [1.29, 1.82) is 0 Å². The van der Waals surface area contributed by atoms with Crippen LogP contribution in [0.2, 0.25) is 0 Å². The number of hydrogen-bond donors (Lipinski definition) is 1. The average molecular weight is 229 g/mol. The third-order valence-electron chi connectivity index (χ3n) is 3.09. The fraction of sp³-hybridized carbons (Fsp3) is 0.286. The molecule has 0 saturated carbocycles. The van der Waals surface area contributed by atoms with Crippen LogP contribution in [0.4, 0.5) is 0 Å². The molecule has 16 heavy (non-hydrogen) atoms. The van der Waals surface area contributed by atoms with E-state index in [0.717, 1.165) is 0 Å². The quantitative estimate of drug-likeness (QED) is 0.825. The highest BCUT2D eigenvalue weighted by Gasteiger charge is 2.17. The van der Waals surface area contributed by atoms with E-state index in [4.69, 9.17) is 0 Å². The maximum Gasteiger partial charge on any atom is 0.0415 e. The van der Waals surface area contributed by atoms with E-state index in [9.17, 15) is 0 Å². The van der Waals surface area contributed by atoms with Crippen molar-refractivity contribution in [2.24, 2.45) is 0 Å². The molecule has 1 N–H and O–H groups in total. The third-order valence-corrected chi connectivity index (χ3v) is 4.34. The van der Waals surface area contributed by atoms with Crippen LogP contribution in [0.15, 0.2) is 42.5 Å². The van der Waals surface area contributed by atoms with Crippen LogP contribution >= 0.6 is 11.3 Å². The van der Waals surface area contributed by atoms with Gasteiger partial charge >= 0.3 is 0 Å². The summed E-state index contributed by atoms with van der Waals surface area (Å²) in [5.74, 6) is 0. The zero-order valence-electron chi connectivity index (χ0n) is 9.15. The number of benzene rings is 1. The molecular weight excluding hydrogens is 214 g/mol. The lowest BCUT2D eigenvalue weighted by atomic mass is 10.2. The molecular formula is C14H15NS. The second-order valence-corrected chi connectivity index (χ2v) is 5.33. The second kappa shape index (κ2) is 4.40. The molecule has 2 aromatic rings. The van der Waals surface area contributed by atoms with Crippen molar-refractivity contribution >= 4 is 11.3 Å². The average Bonchev–Trinajstić information content (AvgIpc) is 3.01. The van der Waals surface area contributed by atoms with Crippen LogP contribution in [0, 0.1) is 0 Å². The molecule has 0 radical (unpaired) electrons. The van der Waals surface area contributed by atoms with E-state index >= 15 is 0 Å². The van der Waals surface area contributed by atoms with Crippen molar-refractivity contribution in [1.82, 2.24) is 5.32 Å². The van der Waals surface area contributed by atoms with Crippen molar-refractivity contribution in [2.45, 2.75) is 18.9 Å². The van der Waals surface area contributed by atoms with Crippen molar-refractivity contribution in [3.05, 3.63) is 47.3 Å². The van der Waals surface area contributed by atoms with Gasteiger partial charge in [0.25, 0.3) is 0 Å². The predicted octanol–water partition coefficient (Wildman–Crippen LogP) is 3.84. The summed E-state index contributed by atoms with van der Waals surface area (Å²) in [5.41, 5.74) is 1.33. The highest BCUT2D eigenvalue weighted by atomic mass is 32.1. The highest BCUT2D eigenvalue weighted by Crippen LogP contribution is 2.34. The standard InChI is InChI=1S/C14H15NS/c1-2-5-11(6-3-1)13-8-9-14(16-13)12-7-4-10-15-12/h1-3,5-6,8-9,12,15H,4,7,10H2. The maximum absolute atomic E-state index is 3.55. The fourth-order valence-electron chi connectivity index (χ4n) is 2.23. The van der Waals surface area contributed by atoms with Gasteiger partial charge in [-0.05, 0) is 37.1 Å². The summed E-state index contributed by atoms with van der Waals surface area (Å²) in [4.78, 5) is 2.86. The van der Waals surface area contributed by atoms with Gasteiger partial charge in [-0.2, -0.15) is 0 Å². The van der Waals surface area contributed by atoms with Crippen LogP contribution in [0.25, 0.3) is 10.4 Å². The van der Waals surface area contributed by atoms with Gasteiger partial charge in [0.05, 0.1) is 0 Å². The van der Waals surface area contributed by atoms with Crippen LogP contribution in [0.1, 0.15) is 23.8 Å². The molecule has 0 spiro atoms. The molecule has 1 aromatic heterocycles. The van der Waals surface area contributed by atoms with E-state index in [1.165, 1.54) is 34.7 Å². The molecule has 0 amide bonds. The van der Waals surface area contributed by atoms with E-state index in [2.05, 4.69) is 47.8 Å². The summed E-state index contributed by atoms with van der Waals surface area (Å²) in [7, 11) is 0. The first kappa shape index (κ1) is 10.1. The van der Waals surface area contributed by atoms with E-state index < -0.39 is 0 Å². The lowest BCUT2D eigenvalue weighted by Crippen LogP contribution is -2.11. The zero-order chi connectivity index (χ0) is 10.8. The maximum atomic E-state index is 3.55. The second-order valence-electron chi connectivity index (χ2n) is 4.22. The Kier molecular flexibility index (Phi) is 2.77. The molecule has 1 unspecified atom stereocenters. The van der Waals surface area contributed by atoms with Crippen LogP contribution in [-0.2, 0) is 0 Å². The largest absolute Gasteiger partial charge is 0.309 e. The number of nitrogens with one attached hydrogen (secondary N) is 1. The molecule has 1 aliphatic rings. The first-order chi connectivity index (χ1) is 7.93. The van der Waals surface area contributed by atoms with Gasteiger partial charge in [-0.3, -0.25) is 0 Å². The molecule has 1 aliphatic heterocycles. The number of thiophene rings is 1. The normalized spacial score (nSPS) is 20.1. The molecule has 3 rings (SSSR count). The summed E-state index contributed by atoms with van der Waals surface area (Å²) in [6, 6.07) is 15.7. The van der Waals surface area contributed by atoms with Crippen LogP contribution < -0.4 is 5.32 Å². The predicted molar refractivity (Wildman–Crippen MR) is 69.7 cm³/mol. The van der Waals surface area contributed by atoms with Crippen molar-refractivity contribution in [2.75, 3.05) is 6.54 Å². The number of rotatable bonds is 2. The minimum Gasteiger partial charge on any atom is -0.309 e. The minimum absolute atomic E-state index is 0.600. The third kappa shape index (κ3) is 1.91. The monoisotopic (exact) mass is 229 g/mol. The first-order valence-corrected chi connectivity index (χ1v) is 6.64. The van der Waals surface area contributed by atoms with Gasteiger partial charge in [-0.15, -0.1) is 11.3 Å². The van der Waals surface area contributed by atoms with E-state index in [1.54, 1.807) is 0 Å². The lowest BCUT2D eigenvalue weighted by molar-refractivity contribution is 0.660. The molecule has 0 aliphatic carbocycles. The Balaban J connectivity index is 1.87. The van der Waals surface area contributed by atoms with Gasteiger partial charge in [0.2, 0.25) is 0 Å². The molecule has 2 heteroatoms. The summed E-state index contributed by atoms with van der Waals surface area (Å²) in [5, 5.41) is 3.55. The smallest absolute Gasteiger partial charge is 0.0415 e. The van der Waals surface area contributed by atoms with Crippen LogP contribution in [-0.4, -0.2) is 6.54 Å². The van der Waals surface area contributed by atoms with E-state index in [0.29, 0.717) is 6.04 Å². The molecule has 82 valence electrons. The summed E-state index contributed by atoms with van der Waals surface area (Å²) >= 11 is 1.92. The Bertz CT molecular complexity index is 455. The van der Waals surface area contributed by atoms with Gasteiger partial charge in [0.15, 0.2) is 0 Å². The number of hydrogen-bond acceptors (Lipinski definition) is 2. The Morgan fingerprint density at radius 1 is 1.06 bits per heavy atom. The fourth-order valence-corrected chi connectivity index (χ4v) is 3.35. The van der Waals surface area contributed by atoms with Crippen molar-refractivity contribution in [3.63, 3.8) is 0 Å². The van der Waals surface area contributed by atoms with E-state index in [-0.39, 0.29) is 0 Å². The van der Waals surface area contributed by atoms with Gasteiger partial charge in [-0.1, -0.05) is 30.3 Å². The van der Waals surface area contributed by atoms with Crippen LogP contribution in [0.5, 0.6) is 0 Å². The highest BCUT2D eigenvalue weighted by molar-refractivity contribution is 7.15.